The van der Waals surface area contributed by atoms with Crippen molar-refractivity contribution >= 4 is 27.1 Å². The van der Waals surface area contributed by atoms with Crippen LogP contribution in [0.4, 0.5) is 5.69 Å². The maximum absolute atomic E-state index is 11.4. The first-order chi connectivity index (χ1) is 9.27. The average Bonchev–Trinajstić information content (AvgIpc) is 2.35. The SMILES string of the molecule is Cc1ccc(Cl)c(Oc2ccc(S(C)(=O)=O)cc2N)c1. The fourth-order valence-corrected chi connectivity index (χ4v) is 2.47. The van der Waals surface area contributed by atoms with E-state index in [0.717, 1.165) is 11.8 Å². The molecule has 0 amide bonds. The number of benzene rings is 2. The molecular formula is C14H14ClNO3S. The summed E-state index contributed by atoms with van der Waals surface area (Å²) in [5.74, 6) is 0.843. The molecule has 106 valence electrons. The summed E-state index contributed by atoms with van der Waals surface area (Å²) in [6, 6.07) is 9.72. The van der Waals surface area contributed by atoms with Gasteiger partial charge in [0.05, 0.1) is 15.6 Å². The molecule has 0 aliphatic heterocycles. The molecule has 0 spiro atoms. The molecular weight excluding hydrogens is 298 g/mol. The summed E-state index contributed by atoms with van der Waals surface area (Å²) in [5.41, 5.74) is 7.06. The Balaban J connectivity index is 2.38. The maximum atomic E-state index is 11.4. The summed E-state index contributed by atoms with van der Waals surface area (Å²) in [4.78, 5) is 0.151. The average molecular weight is 312 g/mol. The Kier molecular flexibility index (Phi) is 3.92. The summed E-state index contributed by atoms with van der Waals surface area (Å²) < 4.78 is 28.5. The summed E-state index contributed by atoms with van der Waals surface area (Å²) in [6.45, 7) is 1.92. The van der Waals surface area contributed by atoms with Gasteiger partial charge in [0.15, 0.2) is 9.84 Å². The molecule has 0 radical (unpaired) electrons. The molecule has 6 heteroatoms. The predicted octanol–water partition coefficient (Wildman–Crippen LogP) is 3.43. The predicted molar refractivity (Wildman–Crippen MR) is 80.2 cm³/mol. The molecule has 0 aliphatic carbocycles. The highest BCUT2D eigenvalue weighted by molar-refractivity contribution is 7.90. The molecule has 2 aromatic carbocycles. The van der Waals surface area contributed by atoms with Crippen molar-refractivity contribution in [2.75, 3.05) is 12.0 Å². The van der Waals surface area contributed by atoms with Gasteiger partial charge in [-0.25, -0.2) is 8.42 Å². The minimum absolute atomic E-state index is 0.151. The number of aryl methyl sites for hydroxylation is 1. The largest absolute Gasteiger partial charge is 0.454 e. The van der Waals surface area contributed by atoms with Crippen LogP contribution in [0.15, 0.2) is 41.3 Å². The van der Waals surface area contributed by atoms with E-state index in [9.17, 15) is 8.42 Å². The van der Waals surface area contributed by atoms with Crippen molar-refractivity contribution in [2.24, 2.45) is 0 Å². The van der Waals surface area contributed by atoms with Crippen LogP contribution in [0, 0.1) is 6.92 Å². The quantitative estimate of drug-likeness (QED) is 0.882. The molecule has 0 aromatic heterocycles. The Morgan fingerprint density at radius 3 is 2.40 bits per heavy atom. The Morgan fingerprint density at radius 2 is 1.80 bits per heavy atom. The monoisotopic (exact) mass is 311 g/mol. The minimum atomic E-state index is -3.29. The number of hydrogen-bond acceptors (Lipinski definition) is 4. The lowest BCUT2D eigenvalue weighted by Crippen LogP contribution is -2.00. The second-order valence-electron chi connectivity index (χ2n) is 4.51. The maximum Gasteiger partial charge on any atom is 0.175 e. The number of nitrogens with two attached hydrogens (primary N) is 1. The van der Waals surface area contributed by atoms with Crippen LogP contribution in [0.3, 0.4) is 0 Å². The van der Waals surface area contributed by atoms with Crippen molar-refractivity contribution in [3.63, 3.8) is 0 Å². The molecule has 0 unspecified atom stereocenters. The highest BCUT2D eigenvalue weighted by Gasteiger charge is 2.11. The van der Waals surface area contributed by atoms with Gasteiger partial charge < -0.3 is 10.5 Å². The fourth-order valence-electron chi connectivity index (χ4n) is 1.66. The first-order valence-electron chi connectivity index (χ1n) is 5.81. The van der Waals surface area contributed by atoms with Crippen LogP contribution < -0.4 is 10.5 Å². The third-order valence-corrected chi connectivity index (χ3v) is 4.14. The molecule has 0 fully saturated rings. The normalized spacial score (nSPS) is 11.3. The Bertz CT molecular complexity index is 757. The Labute approximate surface area is 123 Å². The molecule has 2 aromatic rings. The van der Waals surface area contributed by atoms with E-state index in [1.165, 1.54) is 18.2 Å². The summed E-state index contributed by atoms with van der Waals surface area (Å²) in [5, 5.41) is 0.460. The van der Waals surface area contributed by atoms with Crippen molar-refractivity contribution in [3.8, 4) is 11.5 Å². The van der Waals surface area contributed by atoms with Crippen molar-refractivity contribution in [3.05, 3.63) is 47.0 Å². The molecule has 0 aliphatic rings. The number of rotatable bonds is 3. The van der Waals surface area contributed by atoms with Crippen LogP contribution in [0.5, 0.6) is 11.5 Å². The fraction of sp³-hybridized carbons (Fsp3) is 0.143. The smallest absolute Gasteiger partial charge is 0.175 e. The highest BCUT2D eigenvalue weighted by Crippen LogP contribution is 2.34. The molecule has 0 saturated carbocycles. The summed E-state index contributed by atoms with van der Waals surface area (Å²) in [6.07, 6.45) is 1.12. The van der Waals surface area contributed by atoms with E-state index in [0.29, 0.717) is 16.5 Å². The Hall–Kier alpha value is -1.72. The van der Waals surface area contributed by atoms with Gasteiger partial charge in [0.25, 0.3) is 0 Å². The molecule has 2 rings (SSSR count). The van der Waals surface area contributed by atoms with Crippen LogP contribution in [-0.4, -0.2) is 14.7 Å². The van der Waals surface area contributed by atoms with Crippen molar-refractivity contribution in [2.45, 2.75) is 11.8 Å². The molecule has 20 heavy (non-hydrogen) atoms. The van der Waals surface area contributed by atoms with Gasteiger partial charge in [-0.15, -0.1) is 0 Å². The number of hydrogen-bond donors (Lipinski definition) is 1. The van der Waals surface area contributed by atoms with Gasteiger partial charge in [0, 0.05) is 6.26 Å². The standard InChI is InChI=1S/C14H14ClNO3S/c1-9-3-5-11(15)14(7-9)19-13-6-4-10(8-12(13)16)20(2,17)18/h3-8H,16H2,1-2H3. The molecule has 0 bridgehead atoms. The first-order valence-corrected chi connectivity index (χ1v) is 8.08. The van der Waals surface area contributed by atoms with Crippen molar-refractivity contribution in [1.29, 1.82) is 0 Å². The zero-order valence-electron chi connectivity index (χ0n) is 11.1. The van der Waals surface area contributed by atoms with Crippen LogP contribution in [0.25, 0.3) is 0 Å². The minimum Gasteiger partial charge on any atom is -0.454 e. The second kappa shape index (κ2) is 5.34. The van der Waals surface area contributed by atoms with Gasteiger partial charge in [0.1, 0.15) is 11.5 Å². The van der Waals surface area contributed by atoms with E-state index in [1.54, 1.807) is 12.1 Å². The lowest BCUT2D eigenvalue weighted by molar-refractivity contribution is 0.484. The topological polar surface area (TPSA) is 69.4 Å². The van der Waals surface area contributed by atoms with Gasteiger partial charge in [-0.2, -0.15) is 0 Å². The third-order valence-electron chi connectivity index (χ3n) is 2.72. The van der Waals surface area contributed by atoms with Crippen LogP contribution in [0.1, 0.15) is 5.56 Å². The van der Waals surface area contributed by atoms with E-state index < -0.39 is 9.84 Å². The van der Waals surface area contributed by atoms with E-state index in [-0.39, 0.29) is 10.6 Å². The van der Waals surface area contributed by atoms with Gasteiger partial charge in [-0.1, -0.05) is 17.7 Å². The number of halogens is 1. The number of nitrogen functional groups attached to an aromatic ring is 1. The lowest BCUT2D eigenvalue weighted by atomic mass is 10.2. The van der Waals surface area contributed by atoms with E-state index in [2.05, 4.69) is 0 Å². The zero-order chi connectivity index (χ0) is 14.9. The number of sulfone groups is 1. The summed E-state index contributed by atoms with van der Waals surface area (Å²) >= 11 is 6.04. The highest BCUT2D eigenvalue weighted by atomic mass is 35.5. The molecule has 0 heterocycles. The van der Waals surface area contributed by atoms with Gasteiger partial charge in [-0.3, -0.25) is 0 Å². The van der Waals surface area contributed by atoms with Gasteiger partial charge >= 0.3 is 0 Å². The molecule has 4 nitrogen and oxygen atoms in total. The first kappa shape index (κ1) is 14.7. The van der Waals surface area contributed by atoms with Crippen LogP contribution in [0.2, 0.25) is 5.02 Å². The summed E-state index contributed by atoms with van der Waals surface area (Å²) in [7, 11) is -3.29. The molecule has 0 atom stereocenters. The van der Waals surface area contributed by atoms with Gasteiger partial charge in [-0.05, 0) is 42.8 Å². The van der Waals surface area contributed by atoms with Crippen molar-refractivity contribution < 1.29 is 13.2 Å². The number of ether oxygens (including phenoxy) is 1. The van der Waals surface area contributed by atoms with Crippen LogP contribution in [-0.2, 0) is 9.84 Å². The molecule has 2 N–H and O–H groups in total. The number of anilines is 1. The van der Waals surface area contributed by atoms with E-state index in [1.807, 2.05) is 13.0 Å². The molecule has 0 saturated heterocycles. The lowest BCUT2D eigenvalue weighted by Gasteiger charge is -2.11. The van der Waals surface area contributed by atoms with Gasteiger partial charge in [0.2, 0.25) is 0 Å². The van der Waals surface area contributed by atoms with E-state index in [4.69, 9.17) is 22.1 Å². The third kappa shape index (κ3) is 3.23. The Morgan fingerprint density at radius 1 is 1.10 bits per heavy atom. The van der Waals surface area contributed by atoms with Crippen molar-refractivity contribution in [1.82, 2.24) is 0 Å². The zero-order valence-corrected chi connectivity index (χ0v) is 12.6. The van der Waals surface area contributed by atoms with Crippen LogP contribution >= 0.6 is 11.6 Å². The second-order valence-corrected chi connectivity index (χ2v) is 6.93. The van der Waals surface area contributed by atoms with E-state index >= 15 is 0 Å².